The van der Waals surface area contributed by atoms with Crippen molar-refractivity contribution < 1.29 is 51.8 Å². The van der Waals surface area contributed by atoms with E-state index in [9.17, 15) is 24.4 Å². The standard InChI is InChI=1S/C53H72N7O13P/c1-35(2)60(36(3)4)74(69-33-16-29-54)73-44-42(34-68-53(37-18-14-13-15-19-37,38-20-24-40(65-11)25-21-38)39-22-26-41(66-12)27-23-39)70-46(59-31-28-43(61)56-48(59)62)45(44)67-32-17-30-55-47(57-49(63)71-51(5,6)7)58-50(64)72-52(8,9)10/h13-15,18-28,31,35-36,42,44-46H,16-17,30,32-34H2,1-12H3,(H,56,61,62)(H2,55,57,58,63,64)/t42-,44-,45-,46-,74?/m1/s1. The Morgan fingerprint density at radius 2 is 1.34 bits per heavy atom. The van der Waals surface area contributed by atoms with Crippen molar-refractivity contribution >= 4 is 26.7 Å². The molecule has 1 aliphatic rings. The van der Waals surface area contributed by atoms with Crippen LogP contribution in [0.3, 0.4) is 0 Å². The molecule has 21 heteroatoms. The molecule has 1 aliphatic heterocycles. The average molecular weight is 1050 g/mol. The van der Waals surface area contributed by atoms with Crippen LogP contribution in [0.2, 0.25) is 0 Å². The van der Waals surface area contributed by atoms with Crippen LogP contribution in [0.15, 0.2) is 106 Å². The molecule has 4 aromatic rings. The van der Waals surface area contributed by atoms with Crippen LogP contribution in [0.1, 0.15) is 105 Å². The lowest BCUT2D eigenvalue weighted by atomic mass is 9.80. The predicted molar refractivity (Wildman–Crippen MR) is 279 cm³/mol. The number of aromatic amines is 1. The van der Waals surface area contributed by atoms with Gasteiger partial charge in [0, 0.05) is 37.5 Å². The molecule has 2 heterocycles. The van der Waals surface area contributed by atoms with Crippen molar-refractivity contribution in [3.63, 3.8) is 0 Å². The van der Waals surface area contributed by atoms with Gasteiger partial charge in [-0.3, -0.25) is 30.0 Å². The minimum atomic E-state index is -1.96. The molecule has 3 N–H and O–H groups in total. The van der Waals surface area contributed by atoms with E-state index in [1.165, 1.54) is 16.8 Å². The molecule has 0 radical (unpaired) electrons. The van der Waals surface area contributed by atoms with E-state index in [0.29, 0.717) is 11.5 Å². The zero-order chi connectivity index (χ0) is 54.2. The number of guanidine groups is 1. The van der Waals surface area contributed by atoms with Crippen LogP contribution in [-0.4, -0.2) is 115 Å². The Balaban J connectivity index is 1.62. The first kappa shape index (κ1) is 58.7. The molecule has 0 aliphatic carbocycles. The number of hydrogen-bond donors (Lipinski definition) is 3. The smallest absolute Gasteiger partial charge is 0.414 e. The number of nitriles is 1. The van der Waals surface area contributed by atoms with Crippen molar-refractivity contribution in [2.75, 3.05) is 40.6 Å². The number of nitrogens with one attached hydrogen (secondary N) is 3. The van der Waals surface area contributed by atoms with E-state index >= 15 is 0 Å². The Kier molecular flexibility index (Phi) is 21.3. The number of H-pyrrole nitrogens is 1. The minimum absolute atomic E-state index is 0.0115. The number of aliphatic imine (C=N–C) groups is 1. The third-order valence-electron chi connectivity index (χ3n) is 11.0. The maximum atomic E-state index is 13.8. The summed E-state index contributed by atoms with van der Waals surface area (Å²) < 4.78 is 59.9. The van der Waals surface area contributed by atoms with E-state index in [0.717, 1.165) is 16.7 Å². The van der Waals surface area contributed by atoms with Crippen molar-refractivity contribution in [1.82, 2.24) is 24.9 Å². The Labute approximate surface area is 434 Å². The van der Waals surface area contributed by atoms with Gasteiger partial charge in [0.25, 0.3) is 14.1 Å². The van der Waals surface area contributed by atoms with Crippen LogP contribution < -0.4 is 31.4 Å². The van der Waals surface area contributed by atoms with Crippen LogP contribution in [0.5, 0.6) is 11.5 Å². The van der Waals surface area contributed by atoms with Crippen molar-refractivity contribution in [3.8, 4) is 17.6 Å². The van der Waals surface area contributed by atoms with E-state index < -0.39 is 73.3 Å². The highest BCUT2D eigenvalue weighted by atomic mass is 31.2. The number of carbonyl (C=O) groups excluding carboxylic acids is 2. The van der Waals surface area contributed by atoms with Crippen LogP contribution >= 0.6 is 8.53 Å². The number of amides is 2. The number of hydrogen-bond acceptors (Lipinski definition) is 16. The van der Waals surface area contributed by atoms with Gasteiger partial charge in [-0.15, -0.1) is 0 Å². The summed E-state index contributed by atoms with van der Waals surface area (Å²) in [5, 5.41) is 14.5. The lowest BCUT2D eigenvalue weighted by molar-refractivity contribution is -0.0976. The molecule has 0 spiro atoms. The maximum Gasteiger partial charge on any atom is 0.414 e. The largest absolute Gasteiger partial charge is 0.497 e. The molecule has 1 fully saturated rings. The Morgan fingerprint density at radius 3 is 1.82 bits per heavy atom. The van der Waals surface area contributed by atoms with Gasteiger partial charge >= 0.3 is 17.9 Å². The molecular formula is C53H72N7O13P. The second kappa shape index (κ2) is 26.9. The first-order valence-corrected chi connectivity index (χ1v) is 25.6. The number of ether oxygens (including phenoxy) is 7. The lowest BCUT2D eigenvalue weighted by Crippen LogP contribution is -2.47. The van der Waals surface area contributed by atoms with E-state index in [4.69, 9.17) is 42.2 Å². The zero-order valence-corrected chi connectivity index (χ0v) is 45.3. The number of nitrogens with zero attached hydrogens (tertiary/aromatic N) is 4. The summed E-state index contributed by atoms with van der Waals surface area (Å²) in [7, 11) is 1.23. The average Bonchev–Trinajstić information content (AvgIpc) is 3.66. The fraction of sp³-hybridized carbons (Fsp3) is 0.509. The third-order valence-corrected chi connectivity index (χ3v) is 13.2. The van der Waals surface area contributed by atoms with Crippen LogP contribution in [0.25, 0.3) is 0 Å². The summed E-state index contributed by atoms with van der Waals surface area (Å²) in [5.41, 5.74) is -2.09. The molecule has 0 saturated carbocycles. The summed E-state index contributed by atoms with van der Waals surface area (Å²) in [6, 6.07) is 28.0. The quantitative estimate of drug-likeness (QED) is 0.0221. The van der Waals surface area contributed by atoms with Gasteiger partial charge < -0.3 is 42.2 Å². The number of methoxy groups -OCH3 is 2. The normalized spacial score (nSPS) is 17.4. The monoisotopic (exact) mass is 1050 g/mol. The summed E-state index contributed by atoms with van der Waals surface area (Å²) in [5.74, 6) is 1.06. The zero-order valence-electron chi connectivity index (χ0n) is 44.4. The van der Waals surface area contributed by atoms with E-state index in [-0.39, 0.29) is 57.3 Å². The number of rotatable bonds is 22. The van der Waals surface area contributed by atoms with Crippen molar-refractivity contribution in [3.05, 3.63) is 129 Å². The number of alkyl carbamates (subject to hydrolysis) is 2. The third kappa shape index (κ3) is 16.4. The second-order valence-electron chi connectivity index (χ2n) is 19.7. The van der Waals surface area contributed by atoms with Crippen molar-refractivity contribution in [2.24, 2.45) is 4.99 Å². The number of carbonyl (C=O) groups is 2. The number of benzene rings is 3. The fourth-order valence-corrected chi connectivity index (χ4v) is 9.83. The molecule has 3 aromatic carbocycles. The summed E-state index contributed by atoms with van der Waals surface area (Å²) >= 11 is 0. The molecule has 1 saturated heterocycles. The Hall–Kier alpha value is -6.17. The van der Waals surface area contributed by atoms with Gasteiger partial charge in [0.2, 0.25) is 5.96 Å². The van der Waals surface area contributed by atoms with Gasteiger partial charge in [0.1, 0.15) is 46.6 Å². The molecule has 402 valence electrons. The Morgan fingerprint density at radius 1 is 0.797 bits per heavy atom. The molecule has 5 atom stereocenters. The summed E-state index contributed by atoms with van der Waals surface area (Å²) in [6.45, 7) is 18.1. The van der Waals surface area contributed by atoms with Gasteiger partial charge in [0.15, 0.2) is 6.23 Å². The fourth-order valence-electron chi connectivity index (χ4n) is 8.06. The molecule has 5 rings (SSSR count). The predicted octanol–water partition coefficient (Wildman–Crippen LogP) is 8.30. The molecule has 20 nitrogen and oxygen atoms in total. The summed E-state index contributed by atoms with van der Waals surface area (Å²) in [4.78, 5) is 58.7. The summed E-state index contributed by atoms with van der Waals surface area (Å²) in [6.07, 6.45) is -4.44. The molecular weight excluding hydrogens is 974 g/mol. The van der Waals surface area contributed by atoms with E-state index in [1.54, 1.807) is 55.8 Å². The Bertz CT molecular complexity index is 2520. The highest BCUT2D eigenvalue weighted by Gasteiger charge is 2.51. The molecule has 74 heavy (non-hydrogen) atoms. The van der Waals surface area contributed by atoms with Crippen LogP contribution in [0.4, 0.5) is 9.59 Å². The minimum Gasteiger partial charge on any atom is -0.497 e. The first-order valence-electron chi connectivity index (χ1n) is 24.5. The van der Waals surface area contributed by atoms with Gasteiger partial charge in [-0.05, 0) is 117 Å². The second-order valence-corrected chi connectivity index (χ2v) is 21.1. The maximum absolute atomic E-state index is 13.8. The lowest BCUT2D eigenvalue weighted by Gasteiger charge is -2.39. The van der Waals surface area contributed by atoms with Gasteiger partial charge in [-0.2, -0.15) is 5.26 Å². The van der Waals surface area contributed by atoms with Crippen molar-refractivity contribution in [1.29, 1.82) is 5.26 Å². The van der Waals surface area contributed by atoms with E-state index in [1.807, 2.05) is 107 Å². The molecule has 1 aromatic heterocycles. The SMILES string of the molecule is COc1ccc(C(OC[C@H]2O[C@@H](n3ccc(=O)[nH]c3=O)[C@H](OCCCN=C(NC(=O)OC(C)(C)C)NC(=O)OC(C)(C)C)[C@@H]2OP(OCCC#N)N(C(C)C)C(C)C)(c2ccccc2)c2ccc(OC)cc2)cc1. The first-order chi connectivity index (χ1) is 35.1. The van der Waals surface area contributed by atoms with E-state index in [2.05, 4.69) is 31.3 Å². The van der Waals surface area contributed by atoms with Gasteiger partial charge in [-0.25, -0.2) is 19.1 Å². The van der Waals surface area contributed by atoms with Gasteiger partial charge in [0.05, 0.1) is 39.9 Å². The van der Waals surface area contributed by atoms with Crippen molar-refractivity contribution in [2.45, 2.75) is 136 Å². The van der Waals surface area contributed by atoms with Crippen LogP contribution in [-0.2, 0) is 38.3 Å². The number of aromatic nitrogens is 2. The molecule has 1 unspecified atom stereocenters. The van der Waals surface area contributed by atoms with Crippen LogP contribution in [0, 0.1) is 11.3 Å². The highest BCUT2D eigenvalue weighted by Crippen LogP contribution is 2.51. The topological polar surface area (TPSA) is 236 Å². The molecule has 0 bridgehead atoms. The molecule has 2 amide bonds. The highest BCUT2D eigenvalue weighted by molar-refractivity contribution is 7.44. The van der Waals surface area contributed by atoms with Gasteiger partial charge in [-0.1, -0.05) is 54.6 Å².